The highest BCUT2D eigenvalue weighted by molar-refractivity contribution is 5.95. The van der Waals surface area contributed by atoms with E-state index in [1.165, 1.54) is 12.8 Å². The molecule has 0 spiro atoms. The van der Waals surface area contributed by atoms with Gasteiger partial charge in [-0.1, -0.05) is 25.2 Å². The molecule has 1 aromatic carbocycles. The van der Waals surface area contributed by atoms with Crippen LogP contribution in [0.5, 0.6) is 0 Å². The molecular formula is C17H21NO2. The summed E-state index contributed by atoms with van der Waals surface area (Å²) in [5.41, 5.74) is 2.49. The molecule has 1 aliphatic carbocycles. The highest BCUT2D eigenvalue weighted by Gasteiger charge is 2.37. The van der Waals surface area contributed by atoms with Crippen molar-refractivity contribution in [2.45, 2.75) is 39.2 Å². The normalized spacial score (nSPS) is 19.9. The molecule has 0 aliphatic heterocycles. The summed E-state index contributed by atoms with van der Waals surface area (Å²) in [5, 5.41) is 11.8. The number of amides is 1. The van der Waals surface area contributed by atoms with E-state index >= 15 is 0 Å². The molecule has 1 saturated carbocycles. The van der Waals surface area contributed by atoms with Gasteiger partial charge in [-0.2, -0.15) is 0 Å². The first-order chi connectivity index (χ1) is 9.65. The summed E-state index contributed by atoms with van der Waals surface area (Å²) < 4.78 is 0. The van der Waals surface area contributed by atoms with E-state index in [0.29, 0.717) is 17.5 Å². The molecule has 1 amide bonds. The zero-order valence-corrected chi connectivity index (χ0v) is 12.1. The van der Waals surface area contributed by atoms with Gasteiger partial charge in [0.25, 0.3) is 5.91 Å². The maximum atomic E-state index is 12.1. The third kappa shape index (κ3) is 3.61. The van der Waals surface area contributed by atoms with Crippen molar-refractivity contribution in [2.24, 2.45) is 5.92 Å². The summed E-state index contributed by atoms with van der Waals surface area (Å²) in [7, 11) is 0. The van der Waals surface area contributed by atoms with Gasteiger partial charge in [0, 0.05) is 17.2 Å². The highest BCUT2D eigenvalue weighted by atomic mass is 16.2. The fraction of sp³-hybridized carbons (Fsp3) is 0.471. The summed E-state index contributed by atoms with van der Waals surface area (Å²) in [6.45, 7) is 3.95. The summed E-state index contributed by atoms with van der Waals surface area (Å²) >= 11 is 0. The Bertz CT molecular complexity index is 554. The molecule has 0 aromatic heterocycles. The van der Waals surface area contributed by atoms with Crippen molar-refractivity contribution in [3.8, 4) is 11.8 Å². The molecule has 0 bridgehead atoms. The molecule has 1 fully saturated rings. The standard InChI is InChI=1S/C17H21NO2/c1-3-5-14-11-16(14)18-17(20)15-8-7-13(6-4-9-19)12(2)10-15/h7-8,10,14,16,19H,3,5,9,11H2,1-2H3,(H,18,20). The van der Waals surface area contributed by atoms with Gasteiger partial charge >= 0.3 is 0 Å². The molecule has 3 heteroatoms. The smallest absolute Gasteiger partial charge is 0.251 e. The molecule has 1 aromatic rings. The van der Waals surface area contributed by atoms with Crippen molar-refractivity contribution < 1.29 is 9.90 Å². The Morgan fingerprint density at radius 1 is 1.50 bits per heavy atom. The molecular weight excluding hydrogens is 250 g/mol. The van der Waals surface area contributed by atoms with Crippen LogP contribution in [0.2, 0.25) is 0 Å². The number of hydrogen-bond donors (Lipinski definition) is 2. The zero-order valence-electron chi connectivity index (χ0n) is 12.1. The summed E-state index contributed by atoms with van der Waals surface area (Å²) in [5.74, 6) is 6.16. The van der Waals surface area contributed by atoms with Gasteiger partial charge in [-0.3, -0.25) is 4.79 Å². The van der Waals surface area contributed by atoms with Crippen LogP contribution in [0.15, 0.2) is 18.2 Å². The number of aryl methyl sites for hydroxylation is 1. The average molecular weight is 271 g/mol. The van der Waals surface area contributed by atoms with E-state index in [9.17, 15) is 4.79 Å². The Labute approximate surface area is 120 Å². The molecule has 2 unspecified atom stereocenters. The predicted molar refractivity (Wildman–Crippen MR) is 79.4 cm³/mol. The Morgan fingerprint density at radius 2 is 2.30 bits per heavy atom. The second-order valence-corrected chi connectivity index (χ2v) is 5.35. The summed E-state index contributed by atoms with van der Waals surface area (Å²) in [6.07, 6.45) is 3.48. The van der Waals surface area contributed by atoms with E-state index in [1.807, 2.05) is 19.1 Å². The highest BCUT2D eigenvalue weighted by Crippen LogP contribution is 2.34. The second kappa shape index (κ2) is 6.58. The molecule has 106 valence electrons. The van der Waals surface area contributed by atoms with E-state index in [4.69, 9.17) is 5.11 Å². The number of hydrogen-bond acceptors (Lipinski definition) is 2. The molecule has 1 aliphatic rings. The quantitative estimate of drug-likeness (QED) is 0.825. The van der Waals surface area contributed by atoms with Crippen LogP contribution in [-0.2, 0) is 0 Å². The van der Waals surface area contributed by atoms with E-state index in [2.05, 4.69) is 24.1 Å². The number of rotatable bonds is 4. The first-order valence-corrected chi connectivity index (χ1v) is 7.17. The van der Waals surface area contributed by atoms with Gasteiger partial charge in [0.15, 0.2) is 0 Å². The third-order valence-electron chi connectivity index (χ3n) is 3.69. The molecule has 2 rings (SSSR count). The van der Waals surface area contributed by atoms with E-state index in [0.717, 1.165) is 17.5 Å². The van der Waals surface area contributed by atoms with Gasteiger partial charge in [-0.05, 0) is 49.4 Å². The number of benzene rings is 1. The van der Waals surface area contributed by atoms with Crippen molar-refractivity contribution in [3.63, 3.8) is 0 Å². The van der Waals surface area contributed by atoms with E-state index < -0.39 is 0 Å². The topological polar surface area (TPSA) is 49.3 Å². The van der Waals surface area contributed by atoms with Gasteiger partial charge in [-0.25, -0.2) is 0 Å². The van der Waals surface area contributed by atoms with Crippen LogP contribution in [0.1, 0.15) is 47.7 Å². The lowest BCUT2D eigenvalue weighted by Crippen LogP contribution is -2.26. The Hall–Kier alpha value is -1.79. The lowest BCUT2D eigenvalue weighted by Gasteiger charge is -2.06. The van der Waals surface area contributed by atoms with Crippen molar-refractivity contribution >= 4 is 5.91 Å². The van der Waals surface area contributed by atoms with Gasteiger partial charge in [0.2, 0.25) is 0 Å². The second-order valence-electron chi connectivity index (χ2n) is 5.35. The van der Waals surface area contributed by atoms with E-state index in [1.54, 1.807) is 6.07 Å². The minimum absolute atomic E-state index is 0.00151. The summed E-state index contributed by atoms with van der Waals surface area (Å²) in [4.78, 5) is 12.1. The molecule has 3 nitrogen and oxygen atoms in total. The largest absolute Gasteiger partial charge is 0.384 e. The monoisotopic (exact) mass is 271 g/mol. The van der Waals surface area contributed by atoms with Crippen LogP contribution in [0, 0.1) is 24.7 Å². The first-order valence-electron chi connectivity index (χ1n) is 7.17. The number of carbonyl (C=O) groups excluding carboxylic acids is 1. The zero-order chi connectivity index (χ0) is 14.5. The van der Waals surface area contributed by atoms with Crippen molar-refractivity contribution in [1.82, 2.24) is 5.32 Å². The van der Waals surface area contributed by atoms with Crippen molar-refractivity contribution in [1.29, 1.82) is 0 Å². The number of nitrogens with one attached hydrogen (secondary N) is 1. The Kier molecular flexibility index (Phi) is 4.81. The van der Waals surface area contributed by atoms with Crippen molar-refractivity contribution in [3.05, 3.63) is 34.9 Å². The van der Waals surface area contributed by atoms with Crippen LogP contribution in [-0.4, -0.2) is 23.7 Å². The first kappa shape index (κ1) is 14.6. The molecule has 0 heterocycles. The van der Waals surface area contributed by atoms with Gasteiger partial charge in [0.05, 0.1) is 0 Å². The van der Waals surface area contributed by atoms with Crippen LogP contribution in [0.3, 0.4) is 0 Å². The molecule has 0 saturated heterocycles. The lowest BCUT2D eigenvalue weighted by atomic mass is 10.0. The van der Waals surface area contributed by atoms with Crippen LogP contribution in [0.25, 0.3) is 0 Å². The average Bonchev–Trinajstić information content (AvgIpc) is 3.15. The van der Waals surface area contributed by atoms with Crippen molar-refractivity contribution in [2.75, 3.05) is 6.61 Å². The number of carbonyl (C=O) groups is 1. The fourth-order valence-corrected chi connectivity index (χ4v) is 2.45. The van der Waals surface area contributed by atoms with Gasteiger partial charge in [0.1, 0.15) is 6.61 Å². The number of aliphatic hydroxyl groups is 1. The molecule has 0 radical (unpaired) electrons. The van der Waals surface area contributed by atoms with Gasteiger partial charge in [-0.15, -0.1) is 0 Å². The SMILES string of the molecule is CCCC1CC1NC(=O)c1ccc(C#CCO)c(C)c1. The number of aliphatic hydroxyl groups excluding tert-OH is 1. The predicted octanol–water partition coefficient (Wildman–Crippen LogP) is 2.26. The maximum Gasteiger partial charge on any atom is 0.251 e. The summed E-state index contributed by atoms with van der Waals surface area (Å²) in [6, 6.07) is 5.84. The van der Waals surface area contributed by atoms with E-state index in [-0.39, 0.29) is 12.5 Å². The molecule has 2 atom stereocenters. The fourth-order valence-electron chi connectivity index (χ4n) is 2.45. The van der Waals surface area contributed by atoms with Gasteiger partial charge < -0.3 is 10.4 Å². The Balaban J connectivity index is 1.99. The minimum Gasteiger partial charge on any atom is -0.384 e. The maximum absolute atomic E-state index is 12.1. The third-order valence-corrected chi connectivity index (χ3v) is 3.69. The minimum atomic E-state index is -0.151. The van der Waals surface area contributed by atoms with Crippen LogP contribution >= 0.6 is 0 Å². The molecule has 20 heavy (non-hydrogen) atoms. The van der Waals surface area contributed by atoms with Crippen LogP contribution < -0.4 is 5.32 Å². The lowest BCUT2D eigenvalue weighted by molar-refractivity contribution is 0.0948. The van der Waals surface area contributed by atoms with Crippen LogP contribution in [0.4, 0.5) is 0 Å². The Morgan fingerprint density at radius 3 is 2.95 bits per heavy atom. The molecule has 2 N–H and O–H groups in total.